The Hall–Kier alpha value is -3.45. The van der Waals surface area contributed by atoms with Crippen LogP contribution in [0.15, 0.2) is 73.2 Å². The second kappa shape index (κ2) is 8.92. The fourth-order valence-electron chi connectivity index (χ4n) is 3.27. The number of hydrogen-bond donors (Lipinski definition) is 2. The van der Waals surface area contributed by atoms with E-state index in [4.69, 9.17) is 12.2 Å². The van der Waals surface area contributed by atoms with Crippen molar-refractivity contribution < 1.29 is 0 Å². The first-order chi connectivity index (χ1) is 14.5. The molecule has 0 saturated carbocycles. The van der Waals surface area contributed by atoms with E-state index in [2.05, 4.69) is 71.1 Å². The first-order valence-corrected chi connectivity index (χ1v) is 10.2. The molecule has 0 aliphatic carbocycles. The predicted octanol–water partition coefficient (Wildman–Crippen LogP) is 4.60. The van der Waals surface area contributed by atoms with Crippen molar-refractivity contribution in [1.29, 1.82) is 0 Å². The molecule has 0 unspecified atom stereocenters. The summed E-state index contributed by atoms with van der Waals surface area (Å²) in [6, 6.07) is 18.6. The maximum atomic E-state index is 5.43. The zero-order valence-corrected chi connectivity index (χ0v) is 17.9. The van der Waals surface area contributed by atoms with Crippen LogP contribution in [0.2, 0.25) is 0 Å². The molecule has 0 spiro atoms. The molecule has 0 amide bonds. The van der Waals surface area contributed by atoms with Gasteiger partial charge in [0.15, 0.2) is 10.9 Å². The fraction of sp³-hybridized carbons (Fsp3) is 0.174. The summed E-state index contributed by atoms with van der Waals surface area (Å²) in [6.07, 6.45) is 5.64. The molecule has 2 N–H and O–H groups in total. The van der Waals surface area contributed by atoms with E-state index in [1.54, 1.807) is 6.20 Å². The summed E-state index contributed by atoms with van der Waals surface area (Å²) in [6.45, 7) is 5.63. The molecular formula is C23H24N6S. The summed E-state index contributed by atoms with van der Waals surface area (Å²) >= 11 is 5.43. The Kier molecular flexibility index (Phi) is 5.90. The van der Waals surface area contributed by atoms with Crippen LogP contribution in [0.5, 0.6) is 0 Å². The molecule has 0 aliphatic rings. The summed E-state index contributed by atoms with van der Waals surface area (Å²) in [4.78, 5) is 0. The molecule has 0 aliphatic heterocycles. The highest BCUT2D eigenvalue weighted by atomic mass is 32.1. The summed E-state index contributed by atoms with van der Waals surface area (Å²) in [5, 5.41) is 15.7. The Balaban J connectivity index is 1.32. The van der Waals surface area contributed by atoms with Crippen LogP contribution >= 0.6 is 12.2 Å². The number of benzene rings is 2. The van der Waals surface area contributed by atoms with E-state index in [1.165, 1.54) is 22.3 Å². The number of aryl methyl sites for hydroxylation is 2. The van der Waals surface area contributed by atoms with Gasteiger partial charge >= 0.3 is 0 Å². The number of nitrogens with one attached hydrogen (secondary N) is 2. The van der Waals surface area contributed by atoms with E-state index >= 15 is 0 Å². The van der Waals surface area contributed by atoms with Gasteiger partial charge in [0.2, 0.25) is 0 Å². The largest absolute Gasteiger partial charge is 0.330 e. The van der Waals surface area contributed by atoms with Crippen LogP contribution < -0.4 is 10.6 Å². The number of aromatic nitrogens is 4. The van der Waals surface area contributed by atoms with Crippen LogP contribution in [0.4, 0.5) is 11.5 Å². The van der Waals surface area contributed by atoms with Gasteiger partial charge in [-0.25, -0.2) is 0 Å². The standard InChI is InChI=1S/C23H24N6S/c1-17-6-5-8-19(12-17)14-29-16-21(13-24-29)25-23(30)26-22-10-11-28(27-22)15-20-9-4-3-7-18(20)2/h3-13,16H,14-15H2,1-2H3,(H2,25,26,27,30). The first-order valence-electron chi connectivity index (χ1n) is 9.79. The topological polar surface area (TPSA) is 59.7 Å². The van der Waals surface area contributed by atoms with Crippen LogP contribution in [-0.2, 0) is 13.1 Å². The first kappa shape index (κ1) is 19.8. The second-order valence-corrected chi connectivity index (χ2v) is 7.73. The van der Waals surface area contributed by atoms with Gasteiger partial charge in [0, 0.05) is 18.5 Å². The van der Waals surface area contributed by atoms with E-state index in [-0.39, 0.29) is 0 Å². The normalized spacial score (nSPS) is 10.7. The number of hydrogen-bond acceptors (Lipinski definition) is 3. The molecule has 0 saturated heterocycles. The Bertz CT molecular complexity index is 1160. The highest BCUT2D eigenvalue weighted by Crippen LogP contribution is 2.12. The summed E-state index contributed by atoms with van der Waals surface area (Å²) < 4.78 is 3.78. The third kappa shape index (κ3) is 5.12. The zero-order valence-electron chi connectivity index (χ0n) is 17.0. The van der Waals surface area contributed by atoms with Gasteiger partial charge in [-0.2, -0.15) is 10.2 Å². The average molecular weight is 417 g/mol. The van der Waals surface area contributed by atoms with E-state index in [9.17, 15) is 0 Å². The quantitative estimate of drug-likeness (QED) is 0.450. The molecule has 2 aromatic carbocycles. The van der Waals surface area contributed by atoms with Crippen molar-refractivity contribution in [2.75, 3.05) is 10.6 Å². The van der Waals surface area contributed by atoms with Gasteiger partial charge in [-0.1, -0.05) is 54.1 Å². The predicted molar refractivity (Wildman–Crippen MR) is 125 cm³/mol. The van der Waals surface area contributed by atoms with Crippen molar-refractivity contribution >= 4 is 28.8 Å². The minimum Gasteiger partial charge on any atom is -0.330 e. The van der Waals surface area contributed by atoms with E-state index < -0.39 is 0 Å². The molecule has 4 rings (SSSR count). The van der Waals surface area contributed by atoms with E-state index in [0.717, 1.165) is 12.2 Å². The molecule has 2 heterocycles. The maximum Gasteiger partial charge on any atom is 0.176 e. The minimum absolute atomic E-state index is 0.478. The lowest BCUT2D eigenvalue weighted by atomic mass is 10.1. The van der Waals surface area contributed by atoms with Crippen molar-refractivity contribution in [3.63, 3.8) is 0 Å². The van der Waals surface area contributed by atoms with Gasteiger partial charge in [-0.15, -0.1) is 0 Å². The molecule has 0 fully saturated rings. The minimum atomic E-state index is 0.478. The molecule has 152 valence electrons. The lowest BCUT2D eigenvalue weighted by molar-refractivity contribution is 0.686. The molecular weight excluding hydrogens is 392 g/mol. The monoisotopic (exact) mass is 416 g/mol. The number of nitrogens with zero attached hydrogens (tertiary/aromatic N) is 4. The molecule has 0 bridgehead atoms. The molecule has 6 nitrogen and oxygen atoms in total. The van der Waals surface area contributed by atoms with Gasteiger partial charge in [0.25, 0.3) is 0 Å². The van der Waals surface area contributed by atoms with Gasteiger partial charge in [0.1, 0.15) is 0 Å². The number of anilines is 2. The van der Waals surface area contributed by atoms with E-state index in [0.29, 0.717) is 17.5 Å². The SMILES string of the molecule is Cc1cccc(Cn2cc(NC(=S)Nc3ccn(Cc4ccccc4C)n3)cn2)c1. The number of thiocarbonyl (C=S) groups is 1. The fourth-order valence-corrected chi connectivity index (χ4v) is 3.49. The Morgan fingerprint density at radius 3 is 2.67 bits per heavy atom. The smallest absolute Gasteiger partial charge is 0.176 e. The highest BCUT2D eigenvalue weighted by molar-refractivity contribution is 7.80. The molecule has 4 aromatic rings. The van der Waals surface area contributed by atoms with Gasteiger partial charge in [-0.3, -0.25) is 9.36 Å². The van der Waals surface area contributed by atoms with E-state index in [1.807, 2.05) is 40.0 Å². The summed E-state index contributed by atoms with van der Waals surface area (Å²) in [5.41, 5.74) is 5.78. The van der Waals surface area contributed by atoms with Gasteiger partial charge in [0.05, 0.1) is 25.0 Å². The molecule has 0 radical (unpaired) electrons. The maximum absolute atomic E-state index is 5.43. The summed E-state index contributed by atoms with van der Waals surface area (Å²) in [5.74, 6) is 0.702. The van der Waals surface area contributed by atoms with Crippen LogP contribution in [-0.4, -0.2) is 24.7 Å². The molecule has 0 atom stereocenters. The third-order valence-corrected chi connectivity index (χ3v) is 5.00. The molecule has 2 aromatic heterocycles. The van der Waals surface area contributed by atoms with Crippen LogP contribution in [0, 0.1) is 13.8 Å². The summed E-state index contributed by atoms with van der Waals surface area (Å²) in [7, 11) is 0. The van der Waals surface area contributed by atoms with Crippen molar-refractivity contribution in [1.82, 2.24) is 19.6 Å². The van der Waals surface area contributed by atoms with Crippen LogP contribution in [0.3, 0.4) is 0 Å². The van der Waals surface area contributed by atoms with Crippen molar-refractivity contribution in [3.8, 4) is 0 Å². The Morgan fingerprint density at radius 1 is 0.967 bits per heavy atom. The molecule has 30 heavy (non-hydrogen) atoms. The Labute approximate surface area is 181 Å². The van der Waals surface area contributed by atoms with Crippen LogP contribution in [0.1, 0.15) is 22.3 Å². The van der Waals surface area contributed by atoms with Crippen molar-refractivity contribution in [3.05, 3.63) is 95.4 Å². The third-order valence-electron chi connectivity index (χ3n) is 4.79. The van der Waals surface area contributed by atoms with Gasteiger partial charge in [-0.05, 0) is 42.8 Å². The molecule has 7 heteroatoms. The van der Waals surface area contributed by atoms with Gasteiger partial charge < -0.3 is 10.6 Å². The van der Waals surface area contributed by atoms with Crippen molar-refractivity contribution in [2.45, 2.75) is 26.9 Å². The second-order valence-electron chi connectivity index (χ2n) is 7.32. The average Bonchev–Trinajstić information content (AvgIpc) is 3.33. The van der Waals surface area contributed by atoms with Crippen LogP contribution in [0.25, 0.3) is 0 Å². The lowest BCUT2D eigenvalue weighted by Crippen LogP contribution is -2.19. The zero-order chi connectivity index (χ0) is 20.9. The Morgan fingerprint density at radius 2 is 1.83 bits per heavy atom. The highest BCUT2D eigenvalue weighted by Gasteiger charge is 2.06. The lowest BCUT2D eigenvalue weighted by Gasteiger charge is -2.07. The van der Waals surface area contributed by atoms with Crippen molar-refractivity contribution in [2.24, 2.45) is 0 Å². The number of rotatable bonds is 6.